The van der Waals surface area contributed by atoms with E-state index in [1.807, 2.05) is 13.8 Å². The van der Waals surface area contributed by atoms with E-state index in [0.717, 1.165) is 6.20 Å². The number of carboxylic acids is 1. The molecule has 9 heteroatoms. The quantitative estimate of drug-likeness (QED) is 0.742. The lowest BCUT2D eigenvalue weighted by atomic mass is 10.3. The number of anilines is 1. The summed E-state index contributed by atoms with van der Waals surface area (Å²) < 4.78 is 29.4. The molecule has 0 aliphatic carbocycles. The maximum Gasteiger partial charge on any atom is 0.341 e. The van der Waals surface area contributed by atoms with Crippen molar-refractivity contribution in [2.45, 2.75) is 26.7 Å². The van der Waals surface area contributed by atoms with Crippen LogP contribution in [-0.2, 0) is 17.3 Å². The molecule has 114 valence electrons. The number of aryl methyl sites for hydroxylation is 1. The third-order valence-corrected chi connectivity index (χ3v) is 4.18. The third-order valence-electron chi connectivity index (χ3n) is 2.68. The highest BCUT2D eigenvalue weighted by Crippen LogP contribution is 2.17. The summed E-state index contributed by atoms with van der Waals surface area (Å²) in [4.78, 5) is 11.0. The molecule has 0 amide bonds. The molecule has 0 unspecified atom stereocenters. The standard InChI is InChI=1S/C11H20N4O4S/c1-4-6-15(7-5-2)20(18,19)13-10-9(11(16)17)8-12-14(10)3/h8,13H,4-7H2,1-3H3,(H,16,17). The fourth-order valence-corrected chi connectivity index (χ4v) is 3.21. The summed E-state index contributed by atoms with van der Waals surface area (Å²) in [5.41, 5.74) is -0.177. The van der Waals surface area contributed by atoms with E-state index in [1.54, 1.807) is 0 Å². The van der Waals surface area contributed by atoms with Crippen LogP contribution in [0.15, 0.2) is 6.20 Å². The summed E-state index contributed by atoms with van der Waals surface area (Å²) in [6, 6.07) is 0. The van der Waals surface area contributed by atoms with Gasteiger partial charge in [-0.25, -0.2) is 4.79 Å². The lowest BCUT2D eigenvalue weighted by Gasteiger charge is -2.21. The molecule has 1 aromatic heterocycles. The van der Waals surface area contributed by atoms with Gasteiger partial charge in [0.05, 0.1) is 6.20 Å². The normalized spacial score (nSPS) is 11.8. The Morgan fingerprint density at radius 1 is 1.40 bits per heavy atom. The van der Waals surface area contributed by atoms with Crippen LogP contribution in [0, 0.1) is 0 Å². The molecular formula is C11H20N4O4S. The Hall–Kier alpha value is -1.61. The van der Waals surface area contributed by atoms with E-state index < -0.39 is 16.2 Å². The molecular weight excluding hydrogens is 284 g/mol. The van der Waals surface area contributed by atoms with Gasteiger partial charge in [-0.15, -0.1) is 0 Å². The van der Waals surface area contributed by atoms with E-state index in [1.165, 1.54) is 16.0 Å². The van der Waals surface area contributed by atoms with Crippen LogP contribution in [0.2, 0.25) is 0 Å². The average Bonchev–Trinajstić information content (AvgIpc) is 2.70. The van der Waals surface area contributed by atoms with Gasteiger partial charge in [0.15, 0.2) is 5.82 Å². The molecule has 1 heterocycles. The molecule has 0 bridgehead atoms. The summed E-state index contributed by atoms with van der Waals surface area (Å²) in [6.07, 6.45) is 2.47. The van der Waals surface area contributed by atoms with Crippen molar-refractivity contribution < 1.29 is 18.3 Å². The van der Waals surface area contributed by atoms with Gasteiger partial charge >= 0.3 is 16.2 Å². The van der Waals surface area contributed by atoms with Crippen LogP contribution >= 0.6 is 0 Å². The number of aromatic nitrogens is 2. The second-order valence-electron chi connectivity index (χ2n) is 4.34. The molecule has 0 saturated carbocycles. The van der Waals surface area contributed by atoms with Gasteiger partial charge in [0, 0.05) is 20.1 Å². The van der Waals surface area contributed by atoms with Crippen molar-refractivity contribution in [1.82, 2.24) is 14.1 Å². The van der Waals surface area contributed by atoms with Crippen molar-refractivity contribution in [3.05, 3.63) is 11.8 Å². The van der Waals surface area contributed by atoms with Gasteiger partial charge in [-0.2, -0.15) is 17.8 Å². The molecule has 0 saturated heterocycles. The third kappa shape index (κ3) is 3.70. The van der Waals surface area contributed by atoms with Crippen LogP contribution in [0.4, 0.5) is 5.82 Å². The number of hydrogen-bond donors (Lipinski definition) is 2. The summed E-state index contributed by atoms with van der Waals surface area (Å²) in [5, 5.41) is 12.8. The fourth-order valence-electron chi connectivity index (χ4n) is 1.75. The maximum atomic E-state index is 12.3. The smallest absolute Gasteiger partial charge is 0.341 e. The molecule has 1 aromatic rings. The highest BCUT2D eigenvalue weighted by molar-refractivity contribution is 7.90. The molecule has 0 aromatic carbocycles. The molecule has 0 radical (unpaired) electrons. The van der Waals surface area contributed by atoms with Gasteiger partial charge in [0.25, 0.3) is 0 Å². The Kier molecular flexibility index (Phi) is 5.52. The van der Waals surface area contributed by atoms with Crippen LogP contribution < -0.4 is 4.72 Å². The Morgan fingerprint density at radius 3 is 2.40 bits per heavy atom. The van der Waals surface area contributed by atoms with Crippen molar-refractivity contribution in [1.29, 1.82) is 0 Å². The maximum absolute atomic E-state index is 12.3. The van der Waals surface area contributed by atoms with Crippen LogP contribution in [0.25, 0.3) is 0 Å². The van der Waals surface area contributed by atoms with E-state index in [0.29, 0.717) is 25.9 Å². The number of aromatic carboxylic acids is 1. The first-order valence-electron chi connectivity index (χ1n) is 6.36. The van der Waals surface area contributed by atoms with Crippen molar-refractivity contribution in [2.24, 2.45) is 7.05 Å². The van der Waals surface area contributed by atoms with Gasteiger partial charge in [0.2, 0.25) is 0 Å². The summed E-state index contributed by atoms with van der Waals surface area (Å²) in [7, 11) is -2.31. The second kappa shape index (κ2) is 6.71. The first-order valence-corrected chi connectivity index (χ1v) is 7.80. The first-order chi connectivity index (χ1) is 9.33. The minimum atomic E-state index is -3.79. The minimum absolute atomic E-state index is 0.0466. The number of rotatable bonds is 8. The van der Waals surface area contributed by atoms with Gasteiger partial charge < -0.3 is 5.11 Å². The summed E-state index contributed by atoms with van der Waals surface area (Å²) >= 11 is 0. The van der Waals surface area contributed by atoms with Crippen molar-refractivity contribution in [2.75, 3.05) is 17.8 Å². The van der Waals surface area contributed by atoms with Crippen LogP contribution in [-0.4, -0.2) is 46.7 Å². The lowest BCUT2D eigenvalue weighted by Crippen LogP contribution is -2.37. The van der Waals surface area contributed by atoms with Crippen LogP contribution in [0.3, 0.4) is 0 Å². The van der Waals surface area contributed by atoms with E-state index in [-0.39, 0.29) is 11.4 Å². The molecule has 0 aliphatic heterocycles. The minimum Gasteiger partial charge on any atom is -0.477 e. The number of nitrogens with one attached hydrogen (secondary N) is 1. The van der Waals surface area contributed by atoms with Crippen molar-refractivity contribution in [3.8, 4) is 0 Å². The van der Waals surface area contributed by atoms with Gasteiger partial charge in [0.1, 0.15) is 5.56 Å². The molecule has 0 aliphatic rings. The van der Waals surface area contributed by atoms with Crippen molar-refractivity contribution in [3.63, 3.8) is 0 Å². The average molecular weight is 304 g/mol. The largest absolute Gasteiger partial charge is 0.477 e. The zero-order valence-corrected chi connectivity index (χ0v) is 12.6. The van der Waals surface area contributed by atoms with E-state index in [2.05, 4.69) is 9.82 Å². The molecule has 20 heavy (non-hydrogen) atoms. The zero-order chi connectivity index (χ0) is 15.3. The molecule has 0 fully saturated rings. The van der Waals surface area contributed by atoms with Crippen LogP contribution in [0.5, 0.6) is 0 Å². The molecule has 8 nitrogen and oxygen atoms in total. The number of nitrogens with zero attached hydrogens (tertiary/aromatic N) is 3. The van der Waals surface area contributed by atoms with Gasteiger partial charge in [-0.3, -0.25) is 9.40 Å². The van der Waals surface area contributed by atoms with E-state index in [9.17, 15) is 13.2 Å². The topological polar surface area (TPSA) is 105 Å². The monoisotopic (exact) mass is 304 g/mol. The second-order valence-corrected chi connectivity index (χ2v) is 6.01. The molecule has 1 rings (SSSR count). The predicted octanol–water partition coefficient (Wildman–Crippen LogP) is 0.897. The number of hydrogen-bond acceptors (Lipinski definition) is 4. The van der Waals surface area contributed by atoms with Crippen LogP contribution in [0.1, 0.15) is 37.0 Å². The molecule has 0 spiro atoms. The zero-order valence-electron chi connectivity index (χ0n) is 11.8. The Bertz CT molecular complexity index is 561. The Morgan fingerprint density at radius 2 is 1.95 bits per heavy atom. The Balaban J connectivity index is 3.06. The SMILES string of the molecule is CCCN(CCC)S(=O)(=O)Nc1c(C(=O)O)cnn1C. The highest BCUT2D eigenvalue weighted by Gasteiger charge is 2.25. The van der Waals surface area contributed by atoms with E-state index in [4.69, 9.17) is 5.11 Å². The summed E-state index contributed by atoms with van der Waals surface area (Å²) in [6.45, 7) is 4.52. The predicted molar refractivity (Wildman–Crippen MR) is 74.9 cm³/mol. The first kappa shape index (κ1) is 16.4. The summed E-state index contributed by atoms with van der Waals surface area (Å²) in [5.74, 6) is -1.27. The Labute approximate surface area is 118 Å². The fraction of sp³-hybridized carbons (Fsp3) is 0.636. The number of carboxylic acid groups (broad SMARTS) is 1. The lowest BCUT2D eigenvalue weighted by molar-refractivity contribution is 0.0698. The van der Waals surface area contributed by atoms with Gasteiger partial charge in [-0.05, 0) is 12.8 Å². The van der Waals surface area contributed by atoms with Gasteiger partial charge in [-0.1, -0.05) is 13.8 Å². The van der Waals surface area contributed by atoms with Crippen molar-refractivity contribution >= 4 is 22.0 Å². The number of carbonyl (C=O) groups is 1. The highest BCUT2D eigenvalue weighted by atomic mass is 32.2. The molecule has 0 atom stereocenters. The van der Waals surface area contributed by atoms with E-state index >= 15 is 0 Å². The molecule has 2 N–H and O–H groups in total.